The second-order valence-electron chi connectivity index (χ2n) is 5.58. The van der Waals surface area contributed by atoms with Crippen molar-refractivity contribution in [3.8, 4) is 5.75 Å². The van der Waals surface area contributed by atoms with E-state index in [0.717, 1.165) is 6.07 Å². The number of phenolic OH excluding ortho intramolecular Hbond substituents is 1. The van der Waals surface area contributed by atoms with Gasteiger partial charge < -0.3 is 10.1 Å². The van der Waals surface area contributed by atoms with Crippen molar-refractivity contribution in [2.24, 2.45) is 0 Å². The first-order chi connectivity index (χ1) is 12.7. The van der Waals surface area contributed by atoms with Crippen LogP contribution in [0.25, 0.3) is 21.7 Å². The molecule has 0 unspecified atom stereocenters. The van der Waals surface area contributed by atoms with Crippen molar-refractivity contribution in [1.29, 1.82) is 0 Å². The minimum Gasteiger partial charge on any atom is -0.507 e. The molecule has 5 rings (SSSR count). The predicted molar refractivity (Wildman–Crippen MR) is 97.8 cm³/mol. The quantitative estimate of drug-likeness (QED) is 0.271. The number of hydrogen-bond acceptors (Lipinski definition) is 6. The molecule has 5 aromatic rings. The summed E-state index contributed by atoms with van der Waals surface area (Å²) >= 11 is 0. The highest BCUT2D eigenvalue weighted by Gasteiger charge is 2.14. The number of hydrogen-bond donors (Lipinski definition) is 3. The summed E-state index contributed by atoms with van der Waals surface area (Å²) < 4.78 is 30.6. The average Bonchev–Trinajstić information content (AvgIpc) is 2.61. The summed E-state index contributed by atoms with van der Waals surface area (Å²) in [7, 11) is -4.28. The van der Waals surface area contributed by atoms with E-state index in [0.29, 0.717) is 16.3 Å². The molecule has 3 N–H and O–H groups in total. The fraction of sp³-hybridized carbons (Fsp3) is 0. The number of fused-ring (bicyclic) bond motifs is 4. The predicted octanol–water partition coefficient (Wildman–Crippen LogP) is 2.67. The van der Waals surface area contributed by atoms with E-state index < -0.39 is 20.6 Å². The molecule has 0 radical (unpaired) electrons. The standard InChI is InChI=1S/C10H8O4S.C7H4N2O3/c11-10-6-8(15(12,13)14)5-7-3-1-2-4-9(7)10;10-7-5-2-1-4(8-7)3-6(5)9(11)12/h1-6,11H,(H,12,13,14);1-3H,(H,8,10). The van der Waals surface area contributed by atoms with Crippen LogP contribution < -0.4 is 5.56 Å². The molecule has 0 atom stereocenters. The van der Waals surface area contributed by atoms with Crippen LogP contribution in [0, 0.1) is 10.1 Å². The molecular weight excluding hydrogens is 376 g/mol. The van der Waals surface area contributed by atoms with E-state index in [1.807, 2.05) is 0 Å². The second-order valence-corrected chi connectivity index (χ2v) is 7.00. The second kappa shape index (κ2) is 6.67. The van der Waals surface area contributed by atoms with Gasteiger partial charge in [-0.1, -0.05) is 24.3 Å². The first-order valence-corrected chi connectivity index (χ1v) is 8.90. The topological polar surface area (TPSA) is 151 Å². The Kier molecular flexibility index (Phi) is 4.52. The number of aromatic nitrogens is 1. The summed E-state index contributed by atoms with van der Waals surface area (Å²) in [5.74, 6) is -0.166. The number of nitro groups is 1. The lowest BCUT2D eigenvalue weighted by Crippen LogP contribution is -2.09. The molecule has 27 heavy (non-hydrogen) atoms. The van der Waals surface area contributed by atoms with Gasteiger partial charge in [0, 0.05) is 23.0 Å². The monoisotopic (exact) mass is 388 g/mol. The van der Waals surface area contributed by atoms with Gasteiger partial charge in [0.15, 0.2) is 0 Å². The van der Waals surface area contributed by atoms with Crippen molar-refractivity contribution in [1.82, 2.24) is 4.98 Å². The third-order valence-corrected chi connectivity index (χ3v) is 4.64. The normalized spacial score (nSPS) is 11.3. The molecule has 138 valence electrons. The van der Waals surface area contributed by atoms with E-state index in [2.05, 4.69) is 4.98 Å². The Morgan fingerprint density at radius 3 is 2.26 bits per heavy atom. The summed E-state index contributed by atoms with van der Waals surface area (Å²) in [5.41, 5.74) is -0.0559. The van der Waals surface area contributed by atoms with Gasteiger partial charge in [0.05, 0.1) is 9.82 Å². The third-order valence-electron chi connectivity index (χ3n) is 3.81. The maximum Gasteiger partial charge on any atom is 0.294 e. The Hall–Kier alpha value is -3.50. The Morgan fingerprint density at radius 1 is 1.00 bits per heavy atom. The van der Waals surface area contributed by atoms with Gasteiger partial charge in [-0.25, -0.2) is 0 Å². The van der Waals surface area contributed by atoms with Crippen LogP contribution in [0.5, 0.6) is 5.75 Å². The van der Waals surface area contributed by atoms with E-state index in [1.54, 1.807) is 30.3 Å². The lowest BCUT2D eigenvalue weighted by Gasteiger charge is -2.03. The number of aromatic amines is 1. The van der Waals surface area contributed by atoms with Gasteiger partial charge in [-0.2, -0.15) is 8.42 Å². The lowest BCUT2D eigenvalue weighted by atomic mass is 10.1. The summed E-state index contributed by atoms with van der Waals surface area (Å²) in [6, 6.07) is 13.5. The summed E-state index contributed by atoms with van der Waals surface area (Å²) in [6.07, 6.45) is 0. The highest BCUT2D eigenvalue weighted by molar-refractivity contribution is 7.85. The van der Waals surface area contributed by atoms with Crippen molar-refractivity contribution in [2.45, 2.75) is 4.90 Å². The number of nitro benzene ring substituents is 1. The molecule has 0 aliphatic heterocycles. The van der Waals surface area contributed by atoms with Gasteiger partial charge in [0.25, 0.3) is 21.4 Å². The van der Waals surface area contributed by atoms with E-state index in [4.69, 9.17) is 4.55 Å². The number of benzene rings is 3. The lowest BCUT2D eigenvalue weighted by molar-refractivity contribution is -0.383. The van der Waals surface area contributed by atoms with Crippen LogP contribution in [0.15, 0.2) is 64.3 Å². The fourth-order valence-corrected chi connectivity index (χ4v) is 3.10. The maximum absolute atomic E-state index is 11.0. The third kappa shape index (κ3) is 3.71. The highest BCUT2D eigenvalue weighted by atomic mass is 32.2. The van der Waals surface area contributed by atoms with Crippen LogP contribution >= 0.6 is 0 Å². The molecule has 10 heteroatoms. The molecule has 2 heterocycles. The number of nitrogens with zero attached hydrogens (tertiary/aromatic N) is 1. The van der Waals surface area contributed by atoms with Gasteiger partial charge in [0.1, 0.15) is 11.1 Å². The van der Waals surface area contributed by atoms with E-state index in [9.17, 15) is 28.4 Å². The molecule has 3 aromatic carbocycles. The Labute approximate surface area is 151 Å². The molecule has 2 aromatic heterocycles. The number of non-ortho nitro benzene ring substituents is 1. The minimum absolute atomic E-state index is 0.120. The first kappa shape index (κ1) is 18.3. The van der Waals surface area contributed by atoms with E-state index in [1.165, 1.54) is 18.2 Å². The van der Waals surface area contributed by atoms with Crippen molar-refractivity contribution in [3.05, 3.63) is 75.1 Å². The molecule has 0 fully saturated rings. The Balaban J connectivity index is 0.000000159. The zero-order valence-electron chi connectivity index (χ0n) is 13.5. The molecule has 0 saturated heterocycles. The van der Waals surface area contributed by atoms with Crippen molar-refractivity contribution in [2.75, 3.05) is 0 Å². The van der Waals surface area contributed by atoms with Crippen molar-refractivity contribution < 1.29 is 23.0 Å². The van der Waals surface area contributed by atoms with Crippen molar-refractivity contribution >= 4 is 37.5 Å². The van der Waals surface area contributed by atoms with Crippen LogP contribution in [0.1, 0.15) is 0 Å². The average molecular weight is 388 g/mol. The van der Waals surface area contributed by atoms with Gasteiger partial charge in [-0.05, 0) is 23.6 Å². The number of aromatic hydroxyl groups is 1. The summed E-state index contributed by atoms with van der Waals surface area (Å²) in [5, 5.41) is 21.1. The Morgan fingerprint density at radius 2 is 1.70 bits per heavy atom. The summed E-state index contributed by atoms with van der Waals surface area (Å²) in [6.45, 7) is 0. The molecular formula is C17H12N2O7S. The van der Waals surface area contributed by atoms with Gasteiger partial charge >= 0.3 is 0 Å². The van der Waals surface area contributed by atoms with Gasteiger partial charge in [-0.3, -0.25) is 19.5 Å². The van der Waals surface area contributed by atoms with E-state index >= 15 is 0 Å². The molecule has 0 saturated carbocycles. The van der Waals surface area contributed by atoms with Crippen LogP contribution in [0.2, 0.25) is 0 Å². The minimum atomic E-state index is -4.28. The maximum atomic E-state index is 11.0. The number of H-pyrrole nitrogens is 1. The number of phenols is 1. The largest absolute Gasteiger partial charge is 0.507 e. The Bertz CT molecular complexity index is 1310. The molecule has 0 aliphatic rings. The van der Waals surface area contributed by atoms with Gasteiger partial charge in [0.2, 0.25) is 0 Å². The number of nitrogens with one attached hydrogen (secondary N) is 1. The van der Waals surface area contributed by atoms with Crippen LogP contribution in [-0.4, -0.2) is 28.0 Å². The molecule has 0 amide bonds. The van der Waals surface area contributed by atoms with Crippen LogP contribution in [0.3, 0.4) is 0 Å². The van der Waals surface area contributed by atoms with Gasteiger partial charge in [-0.15, -0.1) is 0 Å². The van der Waals surface area contributed by atoms with Crippen LogP contribution in [0.4, 0.5) is 5.69 Å². The smallest absolute Gasteiger partial charge is 0.294 e. The summed E-state index contributed by atoms with van der Waals surface area (Å²) in [4.78, 5) is 23.0. The van der Waals surface area contributed by atoms with Crippen molar-refractivity contribution in [3.63, 3.8) is 0 Å². The molecule has 2 bridgehead atoms. The zero-order chi connectivity index (χ0) is 19.8. The molecule has 9 nitrogen and oxygen atoms in total. The molecule has 0 aliphatic carbocycles. The fourth-order valence-electron chi connectivity index (χ4n) is 2.56. The SMILES string of the molecule is O=S(=O)(O)c1cc(O)c2ccccc2c1.O=c1[nH]c2ccc1c([N+](=O)[O-])c2. The van der Waals surface area contributed by atoms with Crippen LogP contribution in [-0.2, 0) is 10.1 Å². The molecule has 0 spiro atoms. The van der Waals surface area contributed by atoms with E-state index in [-0.39, 0.29) is 21.7 Å². The zero-order valence-corrected chi connectivity index (χ0v) is 14.3. The number of rotatable bonds is 2. The first-order valence-electron chi connectivity index (χ1n) is 7.46. The number of pyridine rings is 2. The highest BCUT2D eigenvalue weighted by Crippen LogP contribution is 2.28.